The summed E-state index contributed by atoms with van der Waals surface area (Å²) in [6, 6.07) is 15.0. The van der Waals surface area contributed by atoms with Crippen molar-refractivity contribution in [3.8, 4) is 21.9 Å². The Morgan fingerprint density at radius 3 is 2.56 bits per heavy atom. The lowest BCUT2D eigenvalue weighted by Crippen LogP contribution is -2.11. The zero-order chi connectivity index (χ0) is 17.8. The fourth-order valence-corrected chi connectivity index (χ4v) is 3.28. The number of carbonyl (C=O) groups excluding carboxylic acids is 1. The fraction of sp³-hybridized carbons (Fsp3) is 0.105. The molecule has 25 heavy (non-hydrogen) atoms. The van der Waals surface area contributed by atoms with Gasteiger partial charge in [-0.25, -0.2) is 4.39 Å². The Balaban J connectivity index is 1.82. The lowest BCUT2D eigenvalue weighted by molar-refractivity contribution is 0.103. The largest absolute Gasteiger partial charge is 0.497 e. The third kappa shape index (κ3) is 3.64. The second kappa shape index (κ2) is 7.36. The molecule has 128 valence electrons. The number of methoxy groups -OCH3 is 2. The number of hydrogen-bond acceptors (Lipinski definition) is 4. The van der Waals surface area contributed by atoms with Gasteiger partial charge < -0.3 is 14.8 Å². The number of thiophene rings is 1. The van der Waals surface area contributed by atoms with Crippen molar-refractivity contribution >= 4 is 22.9 Å². The van der Waals surface area contributed by atoms with Crippen LogP contribution in [0.15, 0.2) is 54.6 Å². The van der Waals surface area contributed by atoms with E-state index in [4.69, 9.17) is 9.47 Å². The fourth-order valence-electron chi connectivity index (χ4n) is 2.35. The molecule has 6 heteroatoms. The van der Waals surface area contributed by atoms with Gasteiger partial charge in [0.15, 0.2) is 0 Å². The first kappa shape index (κ1) is 17.0. The number of anilines is 1. The highest BCUT2D eigenvalue weighted by Crippen LogP contribution is 2.32. The molecule has 0 aliphatic heterocycles. The third-order valence-corrected chi connectivity index (χ3v) is 4.74. The molecule has 0 bridgehead atoms. The van der Waals surface area contributed by atoms with E-state index in [-0.39, 0.29) is 11.7 Å². The van der Waals surface area contributed by atoms with Crippen LogP contribution in [0.3, 0.4) is 0 Å². The summed E-state index contributed by atoms with van der Waals surface area (Å²) in [5, 5.41) is 2.81. The number of hydrogen-bond donors (Lipinski definition) is 1. The number of rotatable bonds is 5. The zero-order valence-corrected chi connectivity index (χ0v) is 14.5. The summed E-state index contributed by atoms with van der Waals surface area (Å²) in [4.78, 5) is 13.7. The van der Waals surface area contributed by atoms with E-state index in [2.05, 4.69) is 5.32 Å². The van der Waals surface area contributed by atoms with E-state index >= 15 is 0 Å². The maximum Gasteiger partial charge on any atom is 0.265 e. The maximum absolute atomic E-state index is 13.9. The smallest absolute Gasteiger partial charge is 0.265 e. The van der Waals surface area contributed by atoms with Gasteiger partial charge in [-0.1, -0.05) is 18.2 Å². The van der Waals surface area contributed by atoms with E-state index in [9.17, 15) is 9.18 Å². The number of carbonyl (C=O) groups is 1. The number of ether oxygens (including phenoxy) is 2. The molecule has 0 unspecified atom stereocenters. The van der Waals surface area contributed by atoms with Crippen molar-refractivity contribution in [1.82, 2.24) is 0 Å². The Bertz CT molecular complexity index is 907. The van der Waals surface area contributed by atoms with Gasteiger partial charge in [-0.05, 0) is 30.3 Å². The van der Waals surface area contributed by atoms with Crippen LogP contribution in [0.1, 0.15) is 9.67 Å². The number of benzene rings is 2. The second-order valence-corrected chi connectivity index (χ2v) is 6.25. The third-order valence-electron chi connectivity index (χ3n) is 3.63. The lowest BCUT2D eigenvalue weighted by atomic mass is 10.2. The van der Waals surface area contributed by atoms with Gasteiger partial charge in [-0.3, -0.25) is 4.79 Å². The highest BCUT2D eigenvalue weighted by atomic mass is 32.1. The molecule has 0 aliphatic carbocycles. The van der Waals surface area contributed by atoms with Crippen LogP contribution in [-0.2, 0) is 0 Å². The maximum atomic E-state index is 13.9. The van der Waals surface area contributed by atoms with Gasteiger partial charge in [-0.2, -0.15) is 0 Å². The topological polar surface area (TPSA) is 47.6 Å². The van der Waals surface area contributed by atoms with Crippen molar-refractivity contribution in [2.24, 2.45) is 0 Å². The van der Waals surface area contributed by atoms with Gasteiger partial charge in [0.05, 0.1) is 24.8 Å². The molecule has 0 atom stereocenters. The van der Waals surface area contributed by atoms with Crippen LogP contribution in [0.5, 0.6) is 11.5 Å². The van der Waals surface area contributed by atoms with Crippen molar-refractivity contribution in [2.75, 3.05) is 19.5 Å². The van der Waals surface area contributed by atoms with Crippen LogP contribution in [0.25, 0.3) is 10.4 Å². The van der Waals surface area contributed by atoms with E-state index in [1.54, 1.807) is 55.6 Å². The highest BCUT2D eigenvalue weighted by Gasteiger charge is 2.14. The Hall–Kier alpha value is -2.86. The minimum Gasteiger partial charge on any atom is -0.497 e. The van der Waals surface area contributed by atoms with E-state index in [0.717, 1.165) is 0 Å². The second-order valence-electron chi connectivity index (χ2n) is 5.16. The molecule has 1 amide bonds. The predicted octanol–water partition coefficient (Wildman–Crippen LogP) is 4.82. The van der Waals surface area contributed by atoms with Gasteiger partial charge in [0.1, 0.15) is 17.3 Å². The molecule has 3 rings (SSSR count). The lowest BCUT2D eigenvalue weighted by Gasteiger charge is -2.11. The number of halogens is 1. The molecule has 0 radical (unpaired) electrons. The number of amides is 1. The van der Waals surface area contributed by atoms with E-state index in [1.807, 2.05) is 0 Å². The molecule has 0 spiro atoms. The molecule has 1 aromatic heterocycles. The highest BCUT2D eigenvalue weighted by molar-refractivity contribution is 7.17. The number of nitrogens with one attached hydrogen (secondary N) is 1. The van der Waals surface area contributed by atoms with Crippen molar-refractivity contribution in [3.63, 3.8) is 0 Å². The van der Waals surface area contributed by atoms with Crippen LogP contribution in [0.2, 0.25) is 0 Å². The summed E-state index contributed by atoms with van der Waals surface area (Å²) in [5.41, 5.74) is 1.02. The van der Waals surface area contributed by atoms with Crippen LogP contribution in [-0.4, -0.2) is 20.1 Å². The molecule has 0 fully saturated rings. The Morgan fingerprint density at radius 2 is 1.84 bits per heavy atom. The van der Waals surface area contributed by atoms with Crippen LogP contribution < -0.4 is 14.8 Å². The Labute approximate surface area is 148 Å². The first-order valence-electron chi connectivity index (χ1n) is 7.50. The van der Waals surface area contributed by atoms with Gasteiger partial charge in [0, 0.05) is 16.5 Å². The van der Waals surface area contributed by atoms with Crippen molar-refractivity contribution < 1.29 is 18.7 Å². The van der Waals surface area contributed by atoms with Gasteiger partial charge in [-0.15, -0.1) is 11.3 Å². The van der Waals surface area contributed by atoms with E-state index in [1.165, 1.54) is 24.5 Å². The SMILES string of the molecule is COc1ccc(NC(=O)c2ccc(-c3ccccc3F)s2)c(OC)c1. The molecule has 4 nitrogen and oxygen atoms in total. The summed E-state index contributed by atoms with van der Waals surface area (Å²) in [7, 11) is 3.08. The molecule has 1 N–H and O–H groups in total. The van der Waals surface area contributed by atoms with E-state index in [0.29, 0.717) is 32.5 Å². The summed E-state index contributed by atoms with van der Waals surface area (Å²) >= 11 is 1.23. The average Bonchev–Trinajstić information content (AvgIpc) is 3.12. The normalized spacial score (nSPS) is 10.4. The summed E-state index contributed by atoms with van der Waals surface area (Å²) in [6.07, 6.45) is 0. The molecule has 0 aliphatic rings. The predicted molar refractivity (Wildman–Crippen MR) is 97.2 cm³/mol. The summed E-state index contributed by atoms with van der Waals surface area (Å²) in [5.74, 6) is 0.538. The van der Waals surface area contributed by atoms with Crippen molar-refractivity contribution in [1.29, 1.82) is 0 Å². The monoisotopic (exact) mass is 357 g/mol. The van der Waals surface area contributed by atoms with Crippen LogP contribution >= 0.6 is 11.3 Å². The molecular formula is C19H16FNO3S. The standard InChI is InChI=1S/C19H16FNO3S/c1-23-12-7-8-15(16(11-12)24-2)21-19(22)18-10-9-17(25-18)13-5-3-4-6-14(13)20/h3-11H,1-2H3,(H,21,22). The molecule has 0 saturated heterocycles. The minimum atomic E-state index is -0.312. The van der Waals surface area contributed by atoms with Crippen LogP contribution in [0, 0.1) is 5.82 Å². The van der Waals surface area contributed by atoms with Gasteiger partial charge >= 0.3 is 0 Å². The Kier molecular flexibility index (Phi) is 5.00. The minimum absolute atomic E-state index is 0.281. The molecule has 0 saturated carbocycles. The molecular weight excluding hydrogens is 341 g/mol. The quantitative estimate of drug-likeness (QED) is 0.712. The molecule has 3 aromatic rings. The van der Waals surface area contributed by atoms with E-state index < -0.39 is 0 Å². The molecule has 1 heterocycles. The summed E-state index contributed by atoms with van der Waals surface area (Å²) < 4.78 is 24.3. The van der Waals surface area contributed by atoms with Crippen molar-refractivity contribution in [2.45, 2.75) is 0 Å². The first-order valence-corrected chi connectivity index (χ1v) is 8.32. The van der Waals surface area contributed by atoms with Gasteiger partial charge in [0.25, 0.3) is 5.91 Å². The average molecular weight is 357 g/mol. The van der Waals surface area contributed by atoms with Gasteiger partial charge in [0.2, 0.25) is 0 Å². The van der Waals surface area contributed by atoms with Crippen LogP contribution in [0.4, 0.5) is 10.1 Å². The first-order chi connectivity index (χ1) is 12.1. The summed E-state index contributed by atoms with van der Waals surface area (Å²) in [6.45, 7) is 0. The Morgan fingerprint density at radius 1 is 1.04 bits per heavy atom. The van der Waals surface area contributed by atoms with Crippen molar-refractivity contribution in [3.05, 3.63) is 65.3 Å². The zero-order valence-electron chi connectivity index (χ0n) is 13.7. The molecule has 2 aromatic carbocycles.